The summed E-state index contributed by atoms with van der Waals surface area (Å²) in [5.74, 6) is 0.859. The molecule has 0 fully saturated rings. The highest BCUT2D eigenvalue weighted by atomic mass is 16.6. The van der Waals surface area contributed by atoms with Gasteiger partial charge >= 0.3 is 0 Å². The number of aryl methyl sites for hydroxylation is 2. The van der Waals surface area contributed by atoms with Crippen LogP contribution in [0.3, 0.4) is 0 Å². The summed E-state index contributed by atoms with van der Waals surface area (Å²) in [6.45, 7) is 2.11. The van der Waals surface area contributed by atoms with Crippen LogP contribution in [0.5, 0.6) is 5.75 Å². The molecule has 70 valence electrons. The fourth-order valence-electron chi connectivity index (χ4n) is 1.62. The molecule has 2 heteroatoms. The summed E-state index contributed by atoms with van der Waals surface area (Å²) in [5, 5.41) is 9.30. The molecule has 1 atom stereocenters. The second kappa shape index (κ2) is 3.38. The molecule has 1 aliphatic heterocycles. The molecular formula is C11H14O2. The van der Waals surface area contributed by atoms with Gasteiger partial charge in [-0.15, -0.1) is 0 Å². The van der Waals surface area contributed by atoms with Crippen LogP contribution in [0.4, 0.5) is 0 Å². The Labute approximate surface area is 78.2 Å². The minimum atomic E-state index is -0.611. The van der Waals surface area contributed by atoms with Crippen LogP contribution in [0.15, 0.2) is 18.2 Å². The number of fused-ring (bicyclic) bond motifs is 1. The normalized spacial score (nSPS) is 20.6. The smallest absolute Gasteiger partial charge is 0.197 e. The van der Waals surface area contributed by atoms with Crippen LogP contribution in [0, 0.1) is 0 Å². The Hall–Kier alpha value is -1.02. The van der Waals surface area contributed by atoms with Crippen molar-refractivity contribution < 1.29 is 9.84 Å². The van der Waals surface area contributed by atoms with Gasteiger partial charge in [-0.05, 0) is 30.0 Å². The molecule has 1 aromatic rings. The third kappa shape index (κ3) is 1.68. The Morgan fingerprint density at radius 3 is 3.15 bits per heavy atom. The maximum atomic E-state index is 9.30. The molecule has 1 unspecified atom stereocenters. The largest absolute Gasteiger partial charge is 0.465 e. The molecule has 0 saturated carbocycles. The van der Waals surface area contributed by atoms with Gasteiger partial charge in [-0.2, -0.15) is 0 Å². The van der Waals surface area contributed by atoms with Crippen LogP contribution >= 0.6 is 0 Å². The molecule has 0 radical (unpaired) electrons. The van der Waals surface area contributed by atoms with E-state index in [0.717, 1.165) is 18.6 Å². The molecule has 13 heavy (non-hydrogen) atoms. The molecule has 1 N–H and O–H groups in total. The maximum Gasteiger partial charge on any atom is 0.197 e. The van der Waals surface area contributed by atoms with E-state index in [-0.39, 0.29) is 0 Å². The van der Waals surface area contributed by atoms with Crippen LogP contribution < -0.4 is 4.74 Å². The van der Waals surface area contributed by atoms with Gasteiger partial charge in [-0.25, -0.2) is 0 Å². The SMILES string of the molecule is CCc1ccc2c(c1)OC(O)CC2. The number of ether oxygens (including phenoxy) is 1. The lowest BCUT2D eigenvalue weighted by Crippen LogP contribution is -2.21. The summed E-state index contributed by atoms with van der Waals surface area (Å²) in [6.07, 6.45) is 2.02. The highest BCUT2D eigenvalue weighted by molar-refractivity contribution is 5.38. The van der Waals surface area contributed by atoms with Gasteiger partial charge in [0.1, 0.15) is 5.75 Å². The third-order valence-corrected chi connectivity index (χ3v) is 2.46. The van der Waals surface area contributed by atoms with Gasteiger partial charge in [0, 0.05) is 6.42 Å². The van der Waals surface area contributed by atoms with Crippen LogP contribution in [0.25, 0.3) is 0 Å². The second-order valence-corrected chi connectivity index (χ2v) is 3.41. The molecule has 1 heterocycles. The van der Waals surface area contributed by atoms with Crippen molar-refractivity contribution in [3.63, 3.8) is 0 Å². The summed E-state index contributed by atoms with van der Waals surface area (Å²) in [6, 6.07) is 6.25. The number of aliphatic hydroxyl groups is 1. The van der Waals surface area contributed by atoms with Gasteiger partial charge in [-0.3, -0.25) is 0 Å². The number of rotatable bonds is 1. The molecule has 0 aromatic heterocycles. The van der Waals surface area contributed by atoms with E-state index in [1.165, 1.54) is 11.1 Å². The van der Waals surface area contributed by atoms with E-state index >= 15 is 0 Å². The first kappa shape index (κ1) is 8.57. The molecule has 2 rings (SSSR count). The van der Waals surface area contributed by atoms with Gasteiger partial charge in [0.2, 0.25) is 0 Å². The number of benzene rings is 1. The van der Waals surface area contributed by atoms with Crippen molar-refractivity contribution in [3.05, 3.63) is 29.3 Å². The first-order chi connectivity index (χ1) is 6.29. The van der Waals surface area contributed by atoms with E-state index in [1.54, 1.807) is 0 Å². The highest BCUT2D eigenvalue weighted by Crippen LogP contribution is 2.27. The minimum absolute atomic E-state index is 0.611. The van der Waals surface area contributed by atoms with Gasteiger partial charge < -0.3 is 9.84 Å². The Morgan fingerprint density at radius 1 is 1.54 bits per heavy atom. The Bertz CT molecular complexity index is 307. The number of hydrogen-bond donors (Lipinski definition) is 1. The van der Waals surface area contributed by atoms with Crippen molar-refractivity contribution in [2.24, 2.45) is 0 Å². The number of aliphatic hydroxyl groups excluding tert-OH is 1. The second-order valence-electron chi connectivity index (χ2n) is 3.41. The Morgan fingerprint density at radius 2 is 2.38 bits per heavy atom. The summed E-state index contributed by atoms with van der Waals surface area (Å²) >= 11 is 0. The zero-order valence-corrected chi connectivity index (χ0v) is 7.79. The zero-order chi connectivity index (χ0) is 9.26. The standard InChI is InChI=1S/C11H14O2/c1-2-8-3-4-9-5-6-11(12)13-10(9)7-8/h3-4,7,11-12H,2,5-6H2,1H3. The highest BCUT2D eigenvalue weighted by Gasteiger charge is 2.16. The van der Waals surface area contributed by atoms with E-state index in [4.69, 9.17) is 4.74 Å². The average molecular weight is 178 g/mol. The summed E-state index contributed by atoms with van der Waals surface area (Å²) in [4.78, 5) is 0. The van der Waals surface area contributed by atoms with E-state index in [9.17, 15) is 5.11 Å². The topological polar surface area (TPSA) is 29.5 Å². The summed E-state index contributed by atoms with van der Waals surface area (Å²) in [5.41, 5.74) is 2.47. The van der Waals surface area contributed by atoms with Crippen LogP contribution in [0.1, 0.15) is 24.5 Å². The number of hydrogen-bond acceptors (Lipinski definition) is 2. The maximum absolute atomic E-state index is 9.30. The van der Waals surface area contributed by atoms with Crippen LogP contribution in [-0.2, 0) is 12.8 Å². The Balaban J connectivity index is 2.32. The van der Waals surface area contributed by atoms with E-state index in [2.05, 4.69) is 19.1 Å². The minimum Gasteiger partial charge on any atom is -0.465 e. The zero-order valence-electron chi connectivity index (χ0n) is 7.79. The van der Waals surface area contributed by atoms with Gasteiger partial charge in [0.15, 0.2) is 6.29 Å². The fourth-order valence-corrected chi connectivity index (χ4v) is 1.62. The predicted octanol–water partition coefficient (Wildman–Crippen LogP) is 1.89. The quantitative estimate of drug-likeness (QED) is 0.711. The first-order valence-electron chi connectivity index (χ1n) is 4.76. The van der Waals surface area contributed by atoms with E-state index < -0.39 is 6.29 Å². The van der Waals surface area contributed by atoms with Crippen molar-refractivity contribution in [1.82, 2.24) is 0 Å². The van der Waals surface area contributed by atoms with E-state index in [0.29, 0.717) is 6.42 Å². The van der Waals surface area contributed by atoms with Crippen LogP contribution in [-0.4, -0.2) is 11.4 Å². The van der Waals surface area contributed by atoms with Gasteiger partial charge in [0.25, 0.3) is 0 Å². The molecule has 0 bridgehead atoms. The van der Waals surface area contributed by atoms with Crippen molar-refractivity contribution >= 4 is 0 Å². The molecule has 0 spiro atoms. The lowest BCUT2D eigenvalue weighted by atomic mass is 10.0. The summed E-state index contributed by atoms with van der Waals surface area (Å²) in [7, 11) is 0. The van der Waals surface area contributed by atoms with Crippen LogP contribution in [0.2, 0.25) is 0 Å². The molecular weight excluding hydrogens is 164 g/mol. The first-order valence-corrected chi connectivity index (χ1v) is 4.76. The van der Waals surface area contributed by atoms with Crippen molar-refractivity contribution in [1.29, 1.82) is 0 Å². The van der Waals surface area contributed by atoms with Crippen molar-refractivity contribution in [3.8, 4) is 5.75 Å². The molecule has 1 aliphatic rings. The van der Waals surface area contributed by atoms with E-state index in [1.807, 2.05) is 6.07 Å². The predicted molar refractivity (Wildman–Crippen MR) is 50.8 cm³/mol. The molecule has 2 nitrogen and oxygen atoms in total. The monoisotopic (exact) mass is 178 g/mol. The lowest BCUT2D eigenvalue weighted by Gasteiger charge is -2.22. The summed E-state index contributed by atoms with van der Waals surface area (Å²) < 4.78 is 5.33. The lowest BCUT2D eigenvalue weighted by molar-refractivity contribution is -0.0316. The molecule has 0 saturated heterocycles. The molecule has 1 aromatic carbocycles. The van der Waals surface area contributed by atoms with Crippen molar-refractivity contribution in [2.45, 2.75) is 32.5 Å². The van der Waals surface area contributed by atoms with Gasteiger partial charge in [-0.1, -0.05) is 19.1 Å². The third-order valence-electron chi connectivity index (χ3n) is 2.46. The van der Waals surface area contributed by atoms with Crippen molar-refractivity contribution in [2.75, 3.05) is 0 Å². The molecule has 0 aliphatic carbocycles. The fraction of sp³-hybridized carbons (Fsp3) is 0.455. The molecule has 0 amide bonds. The average Bonchev–Trinajstić information content (AvgIpc) is 2.16. The van der Waals surface area contributed by atoms with Gasteiger partial charge in [0.05, 0.1) is 0 Å². The Kier molecular flexibility index (Phi) is 2.23.